The third-order valence-corrected chi connectivity index (χ3v) is 8.35. The van der Waals surface area contributed by atoms with Crippen molar-refractivity contribution >= 4 is 38.8 Å². The second-order valence-electron chi connectivity index (χ2n) is 9.58. The Labute approximate surface area is 234 Å². The number of hydrogen-bond acceptors (Lipinski definition) is 6. The number of anilines is 1. The number of carboxylic acids is 1. The first-order chi connectivity index (χ1) is 19.5. The van der Waals surface area contributed by atoms with Crippen LogP contribution in [0.5, 0.6) is 0 Å². The average molecular weight is 586 g/mol. The van der Waals surface area contributed by atoms with Crippen LogP contribution in [0.1, 0.15) is 32.7 Å². The van der Waals surface area contributed by atoms with Crippen LogP contribution < -0.4 is 4.90 Å². The number of hydrogen-bond donors (Lipinski definition) is 1. The van der Waals surface area contributed by atoms with Gasteiger partial charge in [0.1, 0.15) is 5.82 Å². The predicted octanol–water partition coefficient (Wildman–Crippen LogP) is 5.07. The predicted molar refractivity (Wildman–Crippen MR) is 149 cm³/mol. The summed E-state index contributed by atoms with van der Waals surface area (Å²) in [4.78, 5) is 17.7. The first-order valence-electron chi connectivity index (χ1n) is 12.7. The molecule has 12 heteroatoms. The van der Waals surface area contributed by atoms with Gasteiger partial charge in [-0.25, -0.2) is 22.2 Å². The van der Waals surface area contributed by atoms with Gasteiger partial charge in [0.05, 0.1) is 35.6 Å². The fourth-order valence-corrected chi connectivity index (χ4v) is 6.13. The van der Waals surface area contributed by atoms with E-state index in [0.717, 1.165) is 41.1 Å². The quantitative estimate of drug-likeness (QED) is 0.308. The zero-order chi connectivity index (χ0) is 29.2. The van der Waals surface area contributed by atoms with Crippen LogP contribution in [0, 0.1) is 0 Å². The van der Waals surface area contributed by atoms with Crippen LogP contribution in [-0.4, -0.2) is 60.5 Å². The Morgan fingerprint density at radius 2 is 1.76 bits per heavy atom. The van der Waals surface area contributed by atoms with Crippen molar-refractivity contribution in [2.24, 2.45) is 0 Å². The van der Waals surface area contributed by atoms with Gasteiger partial charge in [0, 0.05) is 36.8 Å². The van der Waals surface area contributed by atoms with Gasteiger partial charge in [-0.2, -0.15) is 13.2 Å². The van der Waals surface area contributed by atoms with E-state index in [4.69, 9.17) is 9.84 Å². The monoisotopic (exact) mass is 585 g/mol. The molecule has 1 saturated heterocycles. The molecule has 1 N–H and O–H groups in total. The molecule has 4 aromatic rings. The fraction of sp³-hybridized carbons (Fsp3) is 0.241. The molecule has 5 rings (SSSR count). The van der Waals surface area contributed by atoms with Gasteiger partial charge in [0.25, 0.3) is 0 Å². The number of aromatic nitrogens is 2. The minimum absolute atomic E-state index is 0.0613. The Morgan fingerprint density at radius 1 is 1.02 bits per heavy atom. The molecule has 0 spiro atoms. The Kier molecular flexibility index (Phi) is 7.87. The summed E-state index contributed by atoms with van der Waals surface area (Å²) in [7, 11) is -4.05. The highest BCUT2D eigenvalue weighted by Crippen LogP contribution is 2.33. The standard InChI is InChI=1S/C29H26F3N3O5S/c30-29(31,32)24-8-9-26-23(17-24)18-25(16-20-3-6-22(7-4-20)28(36)37)35(26)41(38,39)15-1-2-21-5-10-27(33-19-21)34-11-13-40-14-12-34/h1-10,17-19H,11-16H2,(H,36,37). The Balaban J connectivity index is 1.43. The number of pyridine rings is 1. The molecule has 0 bridgehead atoms. The molecule has 41 heavy (non-hydrogen) atoms. The third kappa shape index (κ3) is 6.44. The van der Waals surface area contributed by atoms with E-state index in [1.807, 2.05) is 12.1 Å². The Morgan fingerprint density at radius 3 is 2.39 bits per heavy atom. The van der Waals surface area contributed by atoms with Crippen molar-refractivity contribution in [3.8, 4) is 0 Å². The van der Waals surface area contributed by atoms with Gasteiger partial charge in [-0.3, -0.25) is 0 Å². The van der Waals surface area contributed by atoms with Crippen molar-refractivity contribution in [2.45, 2.75) is 12.6 Å². The number of ether oxygens (including phenoxy) is 1. The largest absolute Gasteiger partial charge is 0.478 e. The highest BCUT2D eigenvalue weighted by molar-refractivity contribution is 7.90. The van der Waals surface area contributed by atoms with E-state index in [-0.39, 0.29) is 28.6 Å². The molecule has 1 fully saturated rings. The molecule has 3 heterocycles. The van der Waals surface area contributed by atoms with Crippen LogP contribution in [0.15, 0.2) is 72.9 Å². The molecule has 0 atom stereocenters. The van der Waals surface area contributed by atoms with E-state index in [9.17, 15) is 26.4 Å². The molecule has 0 aliphatic carbocycles. The molecule has 0 saturated carbocycles. The smallest absolute Gasteiger partial charge is 0.416 e. The van der Waals surface area contributed by atoms with Gasteiger partial charge in [0.15, 0.2) is 0 Å². The zero-order valence-electron chi connectivity index (χ0n) is 21.7. The molecule has 0 amide bonds. The first-order valence-corrected chi connectivity index (χ1v) is 14.3. The van der Waals surface area contributed by atoms with Crippen molar-refractivity contribution < 1.29 is 36.2 Å². The lowest BCUT2D eigenvalue weighted by Crippen LogP contribution is -2.36. The normalized spacial score (nSPS) is 14.7. The van der Waals surface area contributed by atoms with Crippen LogP contribution >= 0.6 is 0 Å². The van der Waals surface area contributed by atoms with Crippen molar-refractivity contribution in [3.05, 3.63) is 101 Å². The summed E-state index contributed by atoms with van der Waals surface area (Å²) in [6.07, 6.45) is 0.221. The van der Waals surface area contributed by atoms with E-state index < -0.39 is 33.5 Å². The van der Waals surface area contributed by atoms with Crippen LogP contribution in [-0.2, 0) is 27.4 Å². The molecular formula is C29H26F3N3O5S. The number of fused-ring (bicyclic) bond motifs is 1. The molecule has 2 aromatic heterocycles. The number of benzene rings is 2. The minimum Gasteiger partial charge on any atom is -0.478 e. The Bertz CT molecular complexity index is 1690. The van der Waals surface area contributed by atoms with Gasteiger partial charge in [0.2, 0.25) is 10.0 Å². The Hall–Kier alpha value is -4.16. The number of carbonyl (C=O) groups is 1. The van der Waals surface area contributed by atoms with Crippen molar-refractivity contribution in [3.63, 3.8) is 0 Å². The number of alkyl halides is 3. The van der Waals surface area contributed by atoms with Gasteiger partial charge >= 0.3 is 12.1 Å². The molecule has 8 nitrogen and oxygen atoms in total. The maximum Gasteiger partial charge on any atom is 0.416 e. The number of rotatable bonds is 8. The van der Waals surface area contributed by atoms with Gasteiger partial charge in [-0.05, 0) is 59.7 Å². The molecular weight excluding hydrogens is 559 g/mol. The van der Waals surface area contributed by atoms with Crippen molar-refractivity contribution in [1.82, 2.24) is 8.96 Å². The van der Waals surface area contributed by atoms with Crippen LogP contribution in [0.3, 0.4) is 0 Å². The van der Waals surface area contributed by atoms with Crippen molar-refractivity contribution in [1.29, 1.82) is 0 Å². The van der Waals surface area contributed by atoms with E-state index in [1.165, 1.54) is 24.3 Å². The lowest BCUT2D eigenvalue weighted by atomic mass is 10.1. The molecule has 214 valence electrons. The fourth-order valence-electron chi connectivity index (χ4n) is 4.71. The summed E-state index contributed by atoms with van der Waals surface area (Å²) >= 11 is 0. The average Bonchev–Trinajstić information content (AvgIpc) is 3.31. The summed E-state index contributed by atoms with van der Waals surface area (Å²) in [5.74, 6) is -0.713. The molecule has 0 radical (unpaired) electrons. The summed E-state index contributed by atoms with van der Waals surface area (Å²) in [6.45, 7) is 2.73. The highest BCUT2D eigenvalue weighted by Gasteiger charge is 2.31. The SMILES string of the molecule is O=C(O)c1ccc(Cc2cc3cc(C(F)(F)F)ccc3n2S(=O)(=O)CC=Cc2ccc(N3CCOCC3)nc2)cc1. The second kappa shape index (κ2) is 11.4. The molecule has 0 unspecified atom stereocenters. The summed E-state index contributed by atoms with van der Waals surface area (Å²) in [5, 5.41) is 9.28. The summed E-state index contributed by atoms with van der Waals surface area (Å²) in [6, 6.07) is 13.9. The highest BCUT2D eigenvalue weighted by atomic mass is 32.2. The number of carboxylic acid groups (broad SMARTS) is 1. The number of morpholine rings is 1. The van der Waals surface area contributed by atoms with Crippen LogP contribution in [0.25, 0.3) is 17.0 Å². The number of halogens is 3. The van der Waals surface area contributed by atoms with Gasteiger partial charge in [-0.1, -0.05) is 24.3 Å². The number of nitrogens with zero attached hydrogens (tertiary/aromatic N) is 3. The molecule has 1 aliphatic heterocycles. The summed E-state index contributed by atoms with van der Waals surface area (Å²) in [5.41, 5.74) is 0.863. The van der Waals surface area contributed by atoms with Gasteiger partial charge in [-0.15, -0.1) is 0 Å². The topological polar surface area (TPSA) is 102 Å². The van der Waals surface area contributed by atoms with E-state index >= 15 is 0 Å². The maximum atomic E-state index is 13.6. The molecule has 2 aromatic carbocycles. The maximum absolute atomic E-state index is 13.6. The molecule has 1 aliphatic rings. The van der Waals surface area contributed by atoms with Gasteiger partial charge < -0.3 is 14.7 Å². The number of aromatic carboxylic acids is 1. The third-order valence-electron chi connectivity index (χ3n) is 6.74. The van der Waals surface area contributed by atoms with E-state index in [2.05, 4.69) is 9.88 Å². The zero-order valence-corrected chi connectivity index (χ0v) is 22.5. The summed E-state index contributed by atoms with van der Waals surface area (Å²) < 4.78 is 73.7. The van der Waals surface area contributed by atoms with E-state index in [0.29, 0.717) is 24.3 Å². The lowest BCUT2D eigenvalue weighted by Gasteiger charge is -2.27. The van der Waals surface area contributed by atoms with Crippen LogP contribution in [0.4, 0.5) is 19.0 Å². The minimum atomic E-state index is -4.59. The van der Waals surface area contributed by atoms with Crippen molar-refractivity contribution in [2.75, 3.05) is 37.0 Å². The lowest BCUT2D eigenvalue weighted by molar-refractivity contribution is -0.137. The van der Waals surface area contributed by atoms with Crippen LogP contribution in [0.2, 0.25) is 0 Å². The van der Waals surface area contributed by atoms with E-state index in [1.54, 1.807) is 24.4 Å². The second-order valence-corrected chi connectivity index (χ2v) is 11.4. The first kappa shape index (κ1) is 28.4.